The highest BCUT2D eigenvalue weighted by Gasteiger charge is 2.02. The third-order valence-corrected chi connectivity index (χ3v) is 3.47. The molecule has 0 aliphatic carbocycles. The van der Waals surface area contributed by atoms with Gasteiger partial charge in [0.15, 0.2) is 0 Å². The summed E-state index contributed by atoms with van der Waals surface area (Å²) in [5.41, 5.74) is 4.95. The Labute approximate surface area is 150 Å². The predicted octanol–water partition coefficient (Wildman–Crippen LogP) is 4.95. The summed E-state index contributed by atoms with van der Waals surface area (Å²) >= 11 is 0. The molecule has 0 heterocycles. The molecule has 0 aromatic heterocycles. The SMILES string of the molecule is CC(C)C.CCCCCCCCCCCCCC(=O)NCC(N)=O. The van der Waals surface area contributed by atoms with Gasteiger partial charge in [-0.15, -0.1) is 0 Å². The van der Waals surface area contributed by atoms with Gasteiger partial charge in [0.25, 0.3) is 0 Å². The Morgan fingerprint density at radius 1 is 0.792 bits per heavy atom. The Morgan fingerprint density at radius 3 is 1.54 bits per heavy atom. The van der Waals surface area contributed by atoms with Crippen molar-refractivity contribution < 1.29 is 9.59 Å². The van der Waals surface area contributed by atoms with Crippen LogP contribution in [-0.4, -0.2) is 18.4 Å². The van der Waals surface area contributed by atoms with E-state index in [1.54, 1.807) is 0 Å². The van der Waals surface area contributed by atoms with E-state index in [-0.39, 0.29) is 12.5 Å². The van der Waals surface area contributed by atoms with Crippen molar-refractivity contribution in [3.8, 4) is 0 Å². The molecule has 0 aliphatic rings. The maximum atomic E-state index is 11.3. The molecule has 0 aliphatic heterocycles. The van der Waals surface area contributed by atoms with E-state index < -0.39 is 5.91 Å². The van der Waals surface area contributed by atoms with Gasteiger partial charge in [0.05, 0.1) is 6.54 Å². The molecule has 0 atom stereocenters. The first-order chi connectivity index (χ1) is 11.4. The van der Waals surface area contributed by atoms with Crippen molar-refractivity contribution >= 4 is 11.8 Å². The molecule has 0 spiro atoms. The van der Waals surface area contributed by atoms with Gasteiger partial charge in [-0.05, 0) is 12.3 Å². The minimum Gasteiger partial charge on any atom is -0.368 e. The minimum absolute atomic E-state index is 0.0448. The van der Waals surface area contributed by atoms with E-state index in [0.717, 1.165) is 18.8 Å². The second-order valence-corrected chi connectivity index (χ2v) is 7.26. The summed E-state index contributed by atoms with van der Waals surface area (Å²) in [5.74, 6) is 0.275. The van der Waals surface area contributed by atoms with Crippen LogP contribution in [-0.2, 0) is 9.59 Å². The number of hydrogen-bond donors (Lipinski definition) is 2. The van der Waals surface area contributed by atoms with Crippen LogP contribution in [0.2, 0.25) is 0 Å². The van der Waals surface area contributed by atoms with Crippen molar-refractivity contribution in [3.63, 3.8) is 0 Å². The van der Waals surface area contributed by atoms with Crippen LogP contribution in [0.3, 0.4) is 0 Å². The van der Waals surface area contributed by atoms with Crippen molar-refractivity contribution in [2.24, 2.45) is 11.7 Å². The second-order valence-electron chi connectivity index (χ2n) is 7.26. The van der Waals surface area contributed by atoms with E-state index in [2.05, 4.69) is 33.0 Å². The number of carbonyl (C=O) groups is 2. The number of carbonyl (C=O) groups excluding carboxylic acids is 2. The fourth-order valence-corrected chi connectivity index (χ4v) is 2.22. The molecule has 0 radical (unpaired) electrons. The summed E-state index contributed by atoms with van der Waals surface area (Å²) in [7, 11) is 0. The number of rotatable bonds is 14. The molecule has 0 saturated carbocycles. The van der Waals surface area contributed by atoms with Gasteiger partial charge < -0.3 is 11.1 Å². The van der Waals surface area contributed by atoms with Crippen LogP contribution in [0.4, 0.5) is 0 Å². The summed E-state index contributed by atoms with van der Waals surface area (Å²) in [6.45, 7) is 8.70. The highest BCUT2D eigenvalue weighted by molar-refractivity contribution is 5.83. The van der Waals surface area contributed by atoms with E-state index >= 15 is 0 Å². The van der Waals surface area contributed by atoms with E-state index in [1.165, 1.54) is 57.8 Å². The largest absolute Gasteiger partial charge is 0.368 e. The molecule has 3 N–H and O–H groups in total. The van der Waals surface area contributed by atoms with Crippen LogP contribution in [0.1, 0.15) is 105 Å². The molecule has 144 valence electrons. The number of primary amides is 1. The van der Waals surface area contributed by atoms with Crippen LogP contribution >= 0.6 is 0 Å². The standard InChI is InChI=1S/C16H32N2O2.C4H10/c1-2-3-4-5-6-7-8-9-10-11-12-13-16(20)18-14-15(17)19;1-4(2)3/h2-14H2,1H3,(H2,17,19)(H,18,20);4H,1-3H3. The van der Waals surface area contributed by atoms with Gasteiger partial charge in [-0.25, -0.2) is 0 Å². The van der Waals surface area contributed by atoms with E-state index in [9.17, 15) is 9.59 Å². The summed E-state index contributed by atoms with van der Waals surface area (Å²) in [5, 5.41) is 2.50. The average molecular weight is 343 g/mol. The lowest BCUT2D eigenvalue weighted by atomic mass is 10.1. The maximum absolute atomic E-state index is 11.3. The topological polar surface area (TPSA) is 72.2 Å². The molecule has 0 aromatic carbocycles. The quantitative estimate of drug-likeness (QED) is 0.438. The first kappa shape index (κ1) is 25.2. The van der Waals surface area contributed by atoms with E-state index in [4.69, 9.17) is 5.73 Å². The van der Waals surface area contributed by atoms with Crippen LogP contribution in [0.15, 0.2) is 0 Å². The lowest BCUT2D eigenvalue weighted by Crippen LogP contribution is -2.33. The first-order valence-electron chi connectivity index (χ1n) is 9.95. The third-order valence-electron chi connectivity index (χ3n) is 3.47. The zero-order chi connectivity index (χ0) is 18.6. The molecule has 0 rings (SSSR count). The molecule has 0 bridgehead atoms. The number of nitrogens with one attached hydrogen (secondary N) is 1. The van der Waals surface area contributed by atoms with Crippen molar-refractivity contribution in [2.45, 2.75) is 105 Å². The second kappa shape index (κ2) is 20.0. The van der Waals surface area contributed by atoms with Crippen molar-refractivity contribution in [3.05, 3.63) is 0 Å². The van der Waals surface area contributed by atoms with Gasteiger partial charge in [0, 0.05) is 6.42 Å². The zero-order valence-electron chi connectivity index (χ0n) is 16.7. The third kappa shape index (κ3) is 29.0. The number of amides is 2. The molecular weight excluding hydrogens is 300 g/mol. The predicted molar refractivity (Wildman–Crippen MR) is 104 cm³/mol. The van der Waals surface area contributed by atoms with Crippen molar-refractivity contribution in [1.82, 2.24) is 5.32 Å². The average Bonchev–Trinajstić information content (AvgIpc) is 2.50. The Morgan fingerprint density at radius 2 is 1.17 bits per heavy atom. The van der Waals surface area contributed by atoms with Gasteiger partial charge in [-0.3, -0.25) is 9.59 Å². The molecule has 0 fully saturated rings. The highest BCUT2D eigenvalue weighted by atomic mass is 16.2. The fraction of sp³-hybridized carbons (Fsp3) is 0.900. The minimum atomic E-state index is -0.489. The molecule has 4 heteroatoms. The summed E-state index contributed by atoms with van der Waals surface area (Å²) in [6, 6.07) is 0. The van der Waals surface area contributed by atoms with Gasteiger partial charge in [-0.2, -0.15) is 0 Å². The van der Waals surface area contributed by atoms with Crippen LogP contribution < -0.4 is 11.1 Å². The molecule has 0 unspecified atom stereocenters. The number of hydrogen-bond acceptors (Lipinski definition) is 2. The zero-order valence-corrected chi connectivity index (χ0v) is 16.7. The Kier molecular flexibility index (Phi) is 21.0. The maximum Gasteiger partial charge on any atom is 0.236 e. The molecule has 0 aromatic rings. The Bertz CT molecular complexity index is 289. The smallest absolute Gasteiger partial charge is 0.236 e. The first-order valence-corrected chi connectivity index (χ1v) is 9.95. The summed E-state index contributed by atoms with van der Waals surface area (Å²) in [6.07, 6.45) is 14.5. The highest BCUT2D eigenvalue weighted by Crippen LogP contribution is 2.11. The fourth-order valence-electron chi connectivity index (χ4n) is 2.22. The Hall–Kier alpha value is -1.06. The molecule has 24 heavy (non-hydrogen) atoms. The van der Waals surface area contributed by atoms with Gasteiger partial charge in [-0.1, -0.05) is 91.9 Å². The molecule has 4 nitrogen and oxygen atoms in total. The van der Waals surface area contributed by atoms with Crippen molar-refractivity contribution in [2.75, 3.05) is 6.54 Å². The lowest BCUT2D eigenvalue weighted by Gasteiger charge is -2.03. The van der Waals surface area contributed by atoms with Crippen LogP contribution in [0, 0.1) is 5.92 Å². The van der Waals surface area contributed by atoms with E-state index in [0.29, 0.717) is 6.42 Å². The molecule has 0 saturated heterocycles. The van der Waals surface area contributed by atoms with Gasteiger partial charge >= 0.3 is 0 Å². The lowest BCUT2D eigenvalue weighted by molar-refractivity contribution is -0.124. The van der Waals surface area contributed by atoms with Crippen LogP contribution in [0.5, 0.6) is 0 Å². The Balaban J connectivity index is 0. The van der Waals surface area contributed by atoms with E-state index in [1.807, 2.05) is 0 Å². The summed E-state index contributed by atoms with van der Waals surface area (Å²) < 4.78 is 0. The molecule has 2 amide bonds. The normalized spacial score (nSPS) is 10.2. The van der Waals surface area contributed by atoms with Crippen molar-refractivity contribution in [1.29, 1.82) is 0 Å². The van der Waals surface area contributed by atoms with Gasteiger partial charge in [0.1, 0.15) is 0 Å². The van der Waals surface area contributed by atoms with Crippen LogP contribution in [0.25, 0.3) is 0 Å². The monoisotopic (exact) mass is 342 g/mol. The van der Waals surface area contributed by atoms with Gasteiger partial charge in [0.2, 0.25) is 11.8 Å². The number of nitrogens with two attached hydrogens (primary N) is 1. The number of unbranched alkanes of at least 4 members (excludes halogenated alkanes) is 10. The molecular formula is C20H42N2O2. The summed E-state index contributed by atoms with van der Waals surface area (Å²) in [4.78, 5) is 21.8.